The number of rotatable bonds is 6. The third kappa shape index (κ3) is 3.58. The summed E-state index contributed by atoms with van der Waals surface area (Å²) in [5.41, 5.74) is -1.58. The van der Waals surface area contributed by atoms with Crippen LogP contribution < -0.4 is 0 Å². The Kier molecular flexibility index (Phi) is 6.53. The van der Waals surface area contributed by atoms with Crippen molar-refractivity contribution in [3.63, 3.8) is 0 Å². The lowest BCUT2D eigenvalue weighted by Crippen LogP contribution is -2.58. The Bertz CT molecular complexity index is 409. The summed E-state index contributed by atoms with van der Waals surface area (Å²) in [5, 5.41) is 58.7. The van der Waals surface area contributed by atoms with Gasteiger partial charge in [0.15, 0.2) is 6.29 Å². The van der Waals surface area contributed by atoms with E-state index in [1.807, 2.05) is 0 Å². The van der Waals surface area contributed by atoms with E-state index in [4.69, 9.17) is 18.9 Å². The minimum absolute atomic E-state index is 0.180. The number of hydrogen-bond donors (Lipinski definition) is 6. The van der Waals surface area contributed by atoms with Gasteiger partial charge in [0, 0.05) is 7.11 Å². The maximum atomic E-state index is 10.1. The third-order valence-electron chi connectivity index (χ3n) is 4.57. The smallest absolute Gasteiger partial charge is 0.186 e. The largest absolute Gasteiger partial charge is 0.393 e. The molecule has 2 aliphatic heterocycles. The minimum atomic E-state index is -1.58. The summed E-state index contributed by atoms with van der Waals surface area (Å²) < 4.78 is 21.0. The van der Waals surface area contributed by atoms with Gasteiger partial charge < -0.3 is 49.6 Å². The van der Waals surface area contributed by atoms with Crippen LogP contribution >= 0.6 is 0 Å². The minimum Gasteiger partial charge on any atom is -0.393 e. The average molecular weight is 354 g/mol. The first-order chi connectivity index (χ1) is 11.3. The number of ether oxygens (including phenoxy) is 4. The molecule has 0 spiro atoms. The maximum Gasteiger partial charge on any atom is 0.186 e. The molecule has 142 valence electrons. The molecule has 24 heavy (non-hydrogen) atoms. The highest BCUT2D eigenvalue weighted by molar-refractivity contribution is 5.00. The molecule has 10 heteroatoms. The van der Waals surface area contributed by atoms with Gasteiger partial charge in [-0.1, -0.05) is 0 Å². The van der Waals surface area contributed by atoms with Crippen molar-refractivity contribution in [2.75, 3.05) is 26.9 Å². The SMILES string of the molecule is CO[C@H]1O[C@@](CO)(COC[C@H]2OC(C)[C@@H](O)[C@@H](O)C2O)C(O)[C@H]1O. The third-order valence-corrected chi connectivity index (χ3v) is 4.57. The van der Waals surface area contributed by atoms with Gasteiger partial charge in [0.25, 0.3) is 0 Å². The van der Waals surface area contributed by atoms with Gasteiger partial charge >= 0.3 is 0 Å². The first kappa shape index (κ1) is 19.9. The van der Waals surface area contributed by atoms with Crippen LogP contribution in [0, 0.1) is 0 Å². The van der Waals surface area contributed by atoms with Crippen molar-refractivity contribution in [2.24, 2.45) is 0 Å². The fraction of sp³-hybridized carbons (Fsp3) is 1.00. The second kappa shape index (κ2) is 7.87. The summed E-state index contributed by atoms with van der Waals surface area (Å²) in [6.45, 7) is 0.435. The fourth-order valence-electron chi connectivity index (χ4n) is 2.94. The van der Waals surface area contributed by atoms with Gasteiger partial charge in [-0.15, -0.1) is 0 Å². The molecule has 0 aromatic heterocycles. The van der Waals surface area contributed by atoms with Gasteiger partial charge in [0.05, 0.1) is 25.9 Å². The first-order valence-corrected chi connectivity index (χ1v) is 7.72. The zero-order chi connectivity index (χ0) is 18.1. The predicted molar refractivity (Wildman–Crippen MR) is 76.9 cm³/mol. The molecule has 0 aromatic rings. The van der Waals surface area contributed by atoms with Gasteiger partial charge in [-0.2, -0.15) is 0 Å². The highest BCUT2D eigenvalue weighted by Crippen LogP contribution is 2.32. The van der Waals surface area contributed by atoms with Crippen LogP contribution in [0.15, 0.2) is 0 Å². The second-order valence-corrected chi connectivity index (χ2v) is 6.25. The van der Waals surface area contributed by atoms with Crippen LogP contribution in [0.25, 0.3) is 0 Å². The Morgan fingerprint density at radius 1 is 1.00 bits per heavy atom. The zero-order valence-corrected chi connectivity index (χ0v) is 13.6. The van der Waals surface area contributed by atoms with Gasteiger partial charge in [-0.05, 0) is 6.92 Å². The van der Waals surface area contributed by atoms with Crippen LogP contribution in [0.3, 0.4) is 0 Å². The van der Waals surface area contributed by atoms with E-state index in [-0.39, 0.29) is 13.2 Å². The predicted octanol–water partition coefficient (Wildman–Crippen LogP) is -3.67. The van der Waals surface area contributed by atoms with E-state index >= 15 is 0 Å². The molecule has 2 fully saturated rings. The molecule has 3 unspecified atom stereocenters. The molecule has 10 nitrogen and oxygen atoms in total. The Morgan fingerprint density at radius 2 is 1.67 bits per heavy atom. The maximum absolute atomic E-state index is 10.1. The van der Waals surface area contributed by atoms with Crippen molar-refractivity contribution in [2.45, 2.75) is 61.5 Å². The van der Waals surface area contributed by atoms with Crippen molar-refractivity contribution in [3.05, 3.63) is 0 Å². The monoisotopic (exact) mass is 354 g/mol. The summed E-state index contributed by atoms with van der Waals surface area (Å²) in [6.07, 6.45) is -9.43. The van der Waals surface area contributed by atoms with Crippen LogP contribution in [-0.2, 0) is 18.9 Å². The van der Waals surface area contributed by atoms with Gasteiger partial charge in [-0.3, -0.25) is 0 Å². The van der Waals surface area contributed by atoms with Gasteiger partial charge in [0.2, 0.25) is 0 Å². The van der Waals surface area contributed by atoms with Crippen LogP contribution in [0.4, 0.5) is 0 Å². The van der Waals surface area contributed by atoms with Crippen LogP contribution in [0.1, 0.15) is 6.92 Å². The first-order valence-electron chi connectivity index (χ1n) is 7.72. The summed E-state index contributed by atoms with van der Waals surface area (Å²) in [6, 6.07) is 0. The van der Waals surface area contributed by atoms with Gasteiger partial charge in [0.1, 0.15) is 42.2 Å². The Labute approximate surface area is 139 Å². The van der Waals surface area contributed by atoms with Crippen molar-refractivity contribution in [1.82, 2.24) is 0 Å². The van der Waals surface area contributed by atoms with E-state index < -0.39 is 61.2 Å². The van der Waals surface area contributed by atoms with Crippen molar-refractivity contribution < 1.29 is 49.6 Å². The summed E-state index contributed by atoms with van der Waals surface area (Å²) in [4.78, 5) is 0. The van der Waals surface area contributed by atoms with E-state index in [0.717, 1.165) is 0 Å². The lowest BCUT2D eigenvalue weighted by molar-refractivity contribution is -0.239. The lowest BCUT2D eigenvalue weighted by Gasteiger charge is -2.39. The van der Waals surface area contributed by atoms with Crippen LogP contribution in [0.2, 0.25) is 0 Å². The standard InChI is InChI=1S/C14H26O10/c1-6-8(16)10(18)9(17)7(23-6)3-22-5-14(4-15)12(20)11(19)13(21-2)24-14/h6-13,15-20H,3-5H2,1-2H3/t6?,7-,8-,9?,10-,11-,12?,13+,14+/m1/s1. The lowest BCUT2D eigenvalue weighted by atomic mass is 9.95. The molecule has 2 heterocycles. The van der Waals surface area contributed by atoms with E-state index in [2.05, 4.69) is 0 Å². The topological polar surface area (TPSA) is 158 Å². The molecule has 9 atom stereocenters. The van der Waals surface area contributed by atoms with E-state index in [1.54, 1.807) is 6.92 Å². The molecule has 0 aromatic carbocycles. The Hall–Kier alpha value is -0.400. The number of hydrogen-bond acceptors (Lipinski definition) is 10. The molecule has 0 amide bonds. The molecule has 2 rings (SSSR count). The number of aliphatic hydroxyl groups excluding tert-OH is 6. The van der Waals surface area contributed by atoms with E-state index in [0.29, 0.717) is 0 Å². The van der Waals surface area contributed by atoms with Crippen molar-refractivity contribution in [3.8, 4) is 0 Å². The molecular weight excluding hydrogens is 328 g/mol. The Balaban J connectivity index is 1.93. The summed E-state index contributed by atoms with van der Waals surface area (Å²) in [7, 11) is 1.29. The van der Waals surface area contributed by atoms with E-state index in [9.17, 15) is 30.6 Å². The number of methoxy groups -OCH3 is 1. The van der Waals surface area contributed by atoms with Crippen LogP contribution in [-0.4, -0.2) is 112 Å². The average Bonchev–Trinajstić information content (AvgIpc) is 2.82. The normalized spacial score (nSPS) is 49.5. The molecule has 6 N–H and O–H groups in total. The van der Waals surface area contributed by atoms with Crippen LogP contribution in [0.5, 0.6) is 0 Å². The molecule has 0 bridgehead atoms. The van der Waals surface area contributed by atoms with Gasteiger partial charge in [-0.25, -0.2) is 0 Å². The van der Waals surface area contributed by atoms with Crippen molar-refractivity contribution in [1.29, 1.82) is 0 Å². The zero-order valence-electron chi connectivity index (χ0n) is 13.6. The highest BCUT2D eigenvalue weighted by Gasteiger charge is 2.54. The molecule has 0 saturated carbocycles. The van der Waals surface area contributed by atoms with Crippen molar-refractivity contribution >= 4 is 0 Å². The number of aliphatic hydroxyl groups is 6. The quantitative estimate of drug-likeness (QED) is 0.281. The summed E-state index contributed by atoms with van der Waals surface area (Å²) >= 11 is 0. The highest BCUT2D eigenvalue weighted by atomic mass is 16.7. The fourth-order valence-corrected chi connectivity index (χ4v) is 2.94. The molecule has 2 saturated heterocycles. The molecular formula is C14H26O10. The molecule has 0 radical (unpaired) electrons. The summed E-state index contributed by atoms with van der Waals surface area (Å²) in [5.74, 6) is 0. The Morgan fingerprint density at radius 3 is 2.21 bits per heavy atom. The molecule has 2 aliphatic rings. The van der Waals surface area contributed by atoms with E-state index in [1.165, 1.54) is 7.11 Å². The molecule has 0 aliphatic carbocycles. The second-order valence-electron chi connectivity index (χ2n) is 6.25.